The summed E-state index contributed by atoms with van der Waals surface area (Å²) in [5.74, 6) is 0.176. The quantitative estimate of drug-likeness (QED) is 0.474. The topological polar surface area (TPSA) is 86.3 Å². The van der Waals surface area contributed by atoms with Gasteiger partial charge in [0, 0.05) is 30.5 Å². The molecule has 1 heterocycles. The Hall–Kier alpha value is -3.52. The summed E-state index contributed by atoms with van der Waals surface area (Å²) in [6, 6.07) is 12.9. The number of ether oxygens (including phenoxy) is 4. The summed E-state index contributed by atoms with van der Waals surface area (Å²) in [5.41, 5.74) is 2.46. The van der Waals surface area contributed by atoms with Gasteiger partial charge < -0.3 is 29.2 Å². The van der Waals surface area contributed by atoms with Crippen LogP contribution in [0.15, 0.2) is 48.5 Å². The number of anilines is 2. The minimum Gasteiger partial charge on any atom is -0.493 e. The molecule has 0 aliphatic carbocycles. The molecule has 2 aromatic rings. The molecule has 0 atom stereocenters. The first kappa shape index (κ1) is 23.1. The lowest BCUT2D eigenvalue weighted by Gasteiger charge is -2.28. The predicted octanol–water partition coefficient (Wildman–Crippen LogP) is 3.13. The Morgan fingerprint density at radius 1 is 1.09 bits per heavy atom. The van der Waals surface area contributed by atoms with Crippen LogP contribution in [0.25, 0.3) is 6.08 Å². The molecule has 32 heavy (non-hydrogen) atoms. The summed E-state index contributed by atoms with van der Waals surface area (Å²) in [6.45, 7) is 5.16. The molecule has 1 aliphatic heterocycles. The fourth-order valence-corrected chi connectivity index (χ4v) is 3.19. The lowest BCUT2D eigenvalue weighted by atomic mass is 10.2. The van der Waals surface area contributed by atoms with Crippen LogP contribution in [0.2, 0.25) is 0 Å². The van der Waals surface area contributed by atoms with Gasteiger partial charge in [-0.1, -0.05) is 6.07 Å². The average Bonchev–Trinajstić information content (AvgIpc) is 2.83. The Morgan fingerprint density at radius 2 is 1.84 bits per heavy atom. The van der Waals surface area contributed by atoms with Crippen LogP contribution in [0.3, 0.4) is 0 Å². The minimum absolute atomic E-state index is 0.374. The number of rotatable bonds is 9. The van der Waals surface area contributed by atoms with E-state index in [0.717, 1.165) is 24.3 Å². The number of nitrogens with zero attached hydrogens (tertiary/aromatic N) is 1. The number of hydrogen-bond acceptors (Lipinski definition) is 7. The minimum atomic E-state index is -0.615. The number of morpholine rings is 1. The highest BCUT2D eigenvalue weighted by atomic mass is 16.5. The van der Waals surface area contributed by atoms with E-state index < -0.39 is 11.9 Å². The largest absolute Gasteiger partial charge is 0.493 e. The highest BCUT2D eigenvalue weighted by Gasteiger charge is 2.11. The van der Waals surface area contributed by atoms with E-state index in [-0.39, 0.29) is 6.61 Å². The molecule has 0 aromatic heterocycles. The van der Waals surface area contributed by atoms with Crippen LogP contribution >= 0.6 is 0 Å². The van der Waals surface area contributed by atoms with Crippen LogP contribution in [0.4, 0.5) is 11.4 Å². The molecule has 0 radical (unpaired) electrons. The molecule has 0 unspecified atom stereocenters. The second kappa shape index (κ2) is 11.8. The van der Waals surface area contributed by atoms with Gasteiger partial charge in [0.15, 0.2) is 18.1 Å². The van der Waals surface area contributed by atoms with E-state index in [1.54, 1.807) is 31.4 Å². The van der Waals surface area contributed by atoms with Crippen LogP contribution in [0.1, 0.15) is 12.5 Å². The predicted molar refractivity (Wildman–Crippen MR) is 122 cm³/mol. The van der Waals surface area contributed by atoms with Crippen LogP contribution in [-0.4, -0.2) is 58.5 Å². The zero-order valence-corrected chi connectivity index (χ0v) is 18.3. The maximum atomic E-state index is 12.1. The van der Waals surface area contributed by atoms with Crippen molar-refractivity contribution in [3.63, 3.8) is 0 Å². The molecule has 1 amide bonds. The van der Waals surface area contributed by atoms with Crippen molar-refractivity contribution in [2.75, 3.05) is 56.8 Å². The van der Waals surface area contributed by atoms with Gasteiger partial charge in [0.25, 0.3) is 5.91 Å². The Bertz CT molecular complexity index is 936. The molecule has 8 nitrogen and oxygen atoms in total. The van der Waals surface area contributed by atoms with Crippen molar-refractivity contribution < 1.29 is 28.5 Å². The number of methoxy groups -OCH3 is 1. The third kappa shape index (κ3) is 6.75. The fourth-order valence-electron chi connectivity index (χ4n) is 3.19. The summed E-state index contributed by atoms with van der Waals surface area (Å²) in [7, 11) is 1.55. The first-order valence-electron chi connectivity index (χ1n) is 10.5. The Labute approximate surface area is 187 Å². The number of nitrogens with one attached hydrogen (secondary N) is 1. The lowest BCUT2D eigenvalue weighted by molar-refractivity contribution is -0.142. The smallest absolute Gasteiger partial charge is 0.331 e. The van der Waals surface area contributed by atoms with E-state index in [1.165, 1.54) is 6.08 Å². The second-order valence-corrected chi connectivity index (χ2v) is 6.98. The van der Waals surface area contributed by atoms with Gasteiger partial charge in [-0.2, -0.15) is 0 Å². The van der Waals surface area contributed by atoms with Gasteiger partial charge in [-0.15, -0.1) is 0 Å². The van der Waals surface area contributed by atoms with E-state index >= 15 is 0 Å². The summed E-state index contributed by atoms with van der Waals surface area (Å²) >= 11 is 0. The molecule has 0 spiro atoms. The first-order valence-corrected chi connectivity index (χ1v) is 10.5. The number of esters is 1. The molecule has 2 aromatic carbocycles. The zero-order chi connectivity index (χ0) is 22.8. The highest BCUT2D eigenvalue weighted by Crippen LogP contribution is 2.28. The van der Waals surface area contributed by atoms with Crippen LogP contribution in [0.5, 0.6) is 11.5 Å². The second-order valence-electron chi connectivity index (χ2n) is 6.98. The van der Waals surface area contributed by atoms with Crippen molar-refractivity contribution in [2.45, 2.75) is 6.92 Å². The summed E-state index contributed by atoms with van der Waals surface area (Å²) in [5, 5.41) is 2.72. The fraction of sp³-hybridized carbons (Fsp3) is 0.333. The van der Waals surface area contributed by atoms with Crippen molar-refractivity contribution in [1.29, 1.82) is 0 Å². The van der Waals surface area contributed by atoms with Crippen molar-refractivity contribution in [3.05, 3.63) is 54.1 Å². The molecule has 3 rings (SSSR count). The summed E-state index contributed by atoms with van der Waals surface area (Å²) in [4.78, 5) is 26.3. The van der Waals surface area contributed by atoms with Crippen LogP contribution in [0, 0.1) is 0 Å². The van der Waals surface area contributed by atoms with E-state index in [9.17, 15) is 9.59 Å². The molecule has 1 fully saturated rings. The van der Waals surface area contributed by atoms with Crippen molar-refractivity contribution in [2.24, 2.45) is 0 Å². The average molecular weight is 440 g/mol. The van der Waals surface area contributed by atoms with Gasteiger partial charge in [-0.3, -0.25) is 4.79 Å². The van der Waals surface area contributed by atoms with E-state index in [1.807, 2.05) is 31.2 Å². The van der Waals surface area contributed by atoms with E-state index in [4.69, 9.17) is 18.9 Å². The van der Waals surface area contributed by atoms with Gasteiger partial charge in [-0.25, -0.2) is 4.79 Å². The highest BCUT2D eigenvalue weighted by molar-refractivity contribution is 5.94. The van der Waals surface area contributed by atoms with E-state index in [2.05, 4.69) is 10.2 Å². The Morgan fingerprint density at radius 3 is 2.53 bits per heavy atom. The van der Waals surface area contributed by atoms with Crippen molar-refractivity contribution in [3.8, 4) is 11.5 Å². The monoisotopic (exact) mass is 440 g/mol. The zero-order valence-electron chi connectivity index (χ0n) is 18.3. The number of amides is 1. The standard InChI is InChI=1S/C24H28N2O6/c1-3-31-21-10-4-18(16-22(21)29-2)5-11-24(28)32-17-23(27)25-19-6-8-20(9-7-19)26-12-14-30-15-13-26/h4-11,16H,3,12-15,17H2,1-2H3,(H,25,27)/b11-5+. The Balaban J connectivity index is 1.45. The van der Waals surface area contributed by atoms with Crippen LogP contribution in [-0.2, 0) is 19.1 Å². The third-order valence-electron chi connectivity index (χ3n) is 4.77. The summed E-state index contributed by atoms with van der Waals surface area (Å²) in [6.07, 6.45) is 2.85. The maximum absolute atomic E-state index is 12.1. The molecule has 0 bridgehead atoms. The van der Waals surface area contributed by atoms with Gasteiger partial charge in [0.05, 0.1) is 26.9 Å². The van der Waals surface area contributed by atoms with Gasteiger partial charge in [0.1, 0.15) is 0 Å². The van der Waals surface area contributed by atoms with Gasteiger partial charge in [-0.05, 0) is 55.0 Å². The number of benzene rings is 2. The molecular weight excluding hydrogens is 412 g/mol. The van der Waals surface area contributed by atoms with Gasteiger partial charge in [0.2, 0.25) is 0 Å². The molecule has 8 heteroatoms. The SMILES string of the molecule is CCOc1ccc(/C=C/C(=O)OCC(=O)Nc2ccc(N3CCOCC3)cc2)cc1OC. The lowest BCUT2D eigenvalue weighted by Crippen LogP contribution is -2.36. The van der Waals surface area contributed by atoms with Crippen LogP contribution < -0.4 is 19.7 Å². The molecule has 170 valence electrons. The van der Waals surface area contributed by atoms with Crippen molar-refractivity contribution >= 4 is 29.3 Å². The normalized spacial score (nSPS) is 13.6. The maximum Gasteiger partial charge on any atom is 0.331 e. The first-order chi connectivity index (χ1) is 15.6. The van der Waals surface area contributed by atoms with Gasteiger partial charge >= 0.3 is 5.97 Å². The molecule has 1 saturated heterocycles. The Kier molecular flexibility index (Phi) is 8.51. The number of carbonyl (C=O) groups excluding carboxylic acids is 2. The molecular formula is C24H28N2O6. The molecule has 1 aliphatic rings. The molecule has 1 N–H and O–H groups in total. The molecule has 0 saturated carbocycles. The number of hydrogen-bond donors (Lipinski definition) is 1. The third-order valence-corrected chi connectivity index (χ3v) is 4.77. The van der Waals surface area contributed by atoms with Crippen molar-refractivity contribution in [1.82, 2.24) is 0 Å². The van der Waals surface area contributed by atoms with E-state index in [0.29, 0.717) is 37.0 Å². The summed E-state index contributed by atoms with van der Waals surface area (Å²) < 4.78 is 21.1. The number of carbonyl (C=O) groups is 2.